The first kappa shape index (κ1) is 10.5. The summed E-state index contributed by atoms with van der Waals surface area (Å²) in [6, 6.07) is 4.97. The number of rotatable bonds is 3. The number of benzene rings is 1. The smallest absolute Gasteiger partial charge is 0.337 e. The van der Waals surface area contributed by atoms with Crippen molar-refractivity contribution in [2.45, 2.75) is 24.9 Å². The molecule has 0 aliphatic heterocycles. The first-order chi connectivity index (χ1) is 7.09. The summed E-state index contributed by atoms with van der Waals surface area (Å²) in [5.41, 5.74) is 1.38. The van der Waals surface area contributed by atoms with Crippen molar-refractivity contribution in [1.29, 1.82) is 0 Å². The lowest BCUT2D eigenvalue weighted by Crippen LogP contribution is -2.10. The lowest BCUT2D eigenvalue weighted by molar-refractivity contribution is -0.146. The van der Waals surface area contributed by atoms with E-state index in [0.717, 1.165) is 18.4 Å². The number of hydrogen-bond donors (Lipinski definition) is 2. The largest absolute Gasteiger partial charge is 0.479 e. The molecule has 15 heavy (non-hydrogen) atoms. The van der Waals surface area contributed by atoms with E-state index in [1.807, 2.05) is 6.07 Å². The first-order valence-electron chi connectivity index (χ1n) is 4.80. The molecular weight excluding hydrogens is 216 g/mol. The van der Waals surface area contributed by atoms with Crippen LogP contribution >= 0.6 is 11.6 Å². The SMILES string of the molecule is O=C(O)C(O)c1ccc(C2CC2)c(Cl)c1. The van der Waals surface area contributed by atoms with Gasteiger partial charge in [0.2, 0.25) is 0 Å². The van der Waals surface area contributed by atoms with Crippen LogP contribution in [0.1, 0.15) is 36.0 Å². The van der Waals surface area contributed by atoms with Crippen LogP contribution < -0.4 is 0 Å². The molecule has 1 aliphatic carbocycles. The lowest BCUT2D eigenvalue weighted by atomic mass is 10.0. The third-order valence-corrected chi connectivity index (χ3v) is 2.92. The Morgan fingerprint density at radius 1 is 1.47 bits per heavy atom. The molecule has 0 radical (unpaired) electrons. The Balaban J connectivity index is 2.28. The normalized spacial score (nSPS) is 17.5. The molecule has 0 amide bonds. The molecule has 1 unspecified atom stereocenters. The number of carbonyl (C=O) groups is 1. The fraction of sp³-hybridized carbons (Fsp3) is 0.364. The van der Waals surface area contributed by atoms with Crippen molar-refractivity contribution in [2.24, 2.45) is 0 Å². The summed E-state index contributed by atoms with van der Waals surface area (Å²) in [6.07, 6.45) is 0.789. The molecule has 0 spiro atoms. The van der Waals surface area contributed by atoms with Crippen LogP contribution in [0.2, 0.25) is 5.02 Å². The van der Waals surface area contributed by atoms with Crippen molar-refractivity contribution in [3.8, 4) is 0 Å². The van der Waals surface area contributed by atoms with Crippen molar-refractivity contribution >= 4 is 17.6 Å². The van der Waals surface area contributed by atoms with E-state index in [1.165, 1.54) is 6.07 Å². The Labute approximate surface area is 92.3 Å². The standard InChI is InChI=1S/C11H11ClO3/c12-9-5-7(10(13)11(14)15)3-4-8(9)6-1-2-6/h3-6,10,13H,1-2H2,(H,14,15). The predicted molar refractivity (Wildman–Crippen MR) is 56.0 cm³/mol. The second-order valence-corrected chi connectivity index (χ2v) is 4.20. The maximum absolute atomic E-state index is 10.5. The van der Waals surface area contributed by atoms with E-state index in [2.05, 4.69) is 0 Å². The minimum Gasteiger partial charge on any atom is -0.479 e. The summed E-state index contributed by atoms with van der Waals surface area (Å²) in [7, 11) is 0. The molecule has 1 aromatic rings. The van der Waals surface area contributed by atoms with E-state index in [9.17, 15) is 9.90 Å². The summed E-state index contributed by atoms with van der Waals surface area (Å²) in [4.78, 5) is 10.5. The minimum atomic E-state index is -1.49. The van der Waals surface area contributed by atoms with Gasteiger partial charge in [0.15, 0.2) is 6.10 Å². The van der Waals surface area contributed by atoms with E-state index in [-0.39, 0.29) is 0 Å². The zero-order chi connectivity index (χ0) is 11.0. The summed E-state index contributed by atoms with van der Waals surface area (Å²) in [6.45, 7) is 0. The summed E-state index contributed by atoms with van der Waals surface area (Å²) < 4.78 is 0. The van der Waals surface area contributed by atoms with Crippen molar-refractivity contribution < 1.29 is 15.0 Å². The predicted octanol–water partition coefficient (Wildman–Crippen LogP) is 2.34. The van der Waals surface area contributed by atoms with Crippen LogP contribution in [0.4, 0.5) is 0 Å². The second kappa shape index (κ2) is 3.83. The van der Waals surface area contributed by atoms with Gasteiger partial charge in [-0.05, 0) is 36.0 Å². The van der Waals surface area contributed by atoms with Gasteiger partial charge >= 0.3 is 5.97 Å². The summed E-state index contributed by atoms with van der Waals surface area (Å²) in [5.74, 6) is -0.737. The number of hydrogen-bond acceptors (Lipinski definition) is 2. The van der Waals surface area contributed by atoms with Gasteiger partial charge in [-0.25, -0.2) is 4.79 Å². The summed E-state index contributed by atoms with van der Waals surface area (Å²) in [5, 5.41) is 18.5. The second-order valence-electron chi connectivity index (χ2n) is 3.80. The zero-order valence-electron chi connectivity index (χ0n) is 7.98. The molecule has 0 bridgehead atoms. The van der Waals surface area contributed by atoms with Crippen LogP contribution in [0.15, 0.2) is 18.2 Å². The molecule has 1 atom stereocenters. The number of halogens is 1. The van der Waals surface area contributed by atoms with Gasteiger partial charge in [0.1, 0.15) is 0 Å². The van der Waals surface area contributed by atoms with Gasteiger partial charge in [-0.3, -0.25) is 0 Å². The number of aliphatic hydroxyl groups excluding tert-OH is 1. The molecular formula is C11H11ClO3. The van der Waals surface area contributed by atoms with Gasteiger partial charge in [0.05, 0.1) is 0 Å². The molecule has 80 valence electrons. The fourth-order valence-electron chi connectivity index (χ4n) is 1.58. The van der Waals surface area contributed by atoms with Crippen LogP contribution in [-0.2, 0) is 4.79 Å². The molecule has 2 N–H and O–H groups in total. The van der Waals surface area contributed by atoms with Gasteiger partial charge in [-0.15, -0.1) is 0 Å². The molecule has 1 aromatic carbocycles. The van der Waals surface area contributed by atoms with E-state index in [4.69, 9.17) is 16.7 Å². The topological polar surface area (TPSA) is 57.5 Å². The number of carboxylic acid groups (broad SMARTS) is 1. The van der Waals surface area contributed by atoms with Crippen molar-refractivity contribution in [3.63, 3.8) is 0 Å². The van der Waals surface area contributed by atoms with Crippen LogP contribution in [-0.4, -0.2) is 16.2 Å². The maximum Gasteiger partial charge on any atom is 0.337 e. The number of aliphatic hydroxyl groups is 1. The van der Waals surface area contributed by atoms with Gasteiger partial charge < -0.3 is 10.2 Å². The number of aliphatic carboxylic acids is 1. The highest BCUT2D eigenvalue weighted by Gasteiger charge is 2.26. The molecule has 1 saturated carbocycles. The monoisotopic (exact) mass is 226 g/mol. The fourth-order valence-corrected chi connectivity index (χ4v) is 1.92. The van der Waals surface area contributed by atoms with E-state index in [0.29, 0.717) is 16.5 Å². The van der Waals surface area contributed by atoms with Gasteiger partial charge in [0, 0.05) is 5.02 Å². The molecule has 0 aromatic heterocycles. The van der Waals surface area contributed by atoms with Crippen LogP contribution in [0.3, 0.4) is 0 Å². The first-order valence-corrected chi connectivity index (χ1v) is 5.17. The molecule has 2 rings (SSSR count). The molecule has 4 heteroatoms. The Kier molecular flexibility index (Phi) is 2.67. The Morgan fingerprint density at radius 3 is 2.60 bits per heavy atom. The Bertz CT molecular complexity index is 399. The highest BCUT2D eigenvalue weighted by Crippen LogP contribution is 2.43. The van der Waals surface area contributed by atoms with Crippen LogP contribution in [0.5, 0.6) is 0 Å². The minimum absolute atomic E-state index is 0.330. The zero-order valence-corrected chi connectivity index (χ0v) is 8.74. The third-order valence-electron chi connectivity index (χ3n) is 2.59. The molecule has 1 fully saturated rings. The maximum atomic E-state index is 10.5. The van der Waals surface area contributed by atoms with Gasteiger partial charge in [-0.1, -0.05) is 23.7 Å². The van der Waals surface area contributed by atoms with Crippen molar-refractivity contribution in [2.75, 3.05) is 0 Å². The average Bonchev–Trinajstić information content (AvgIpc) is 3.00. The molecule has 1 aliphatic rings. The Morgan fingerprint density at radius 2 is 2.13 bits per heavy atom. The van der Waals surface area contributed by atoms with E-state index < -0.39 is 12.1 Å². The van der Waals surface area contributed by atoms with Crippen molar-refractivity contribution in [1.82, 2.24) is 0 Å². The lowest BCUT2D eigenvalue weighted by Gasteiger charge is -2.08. The van der Waals surface area contributed by atoms with Gasteiger partial charge in [-0.2, -0.15) is 0 Å². The highest BCUT2D eigenvalue weighted by atomic mass is 35.5. The van der Waals surface area contributed by atoms with Gasteiger partial charge in [0.25, 0.3) is 0 Å². The Hall–Kier alpha value is -1.06. The quantitative estimate of drug-likeness (QED) is 0.832. The average molecular weight is 227 g/mol. The molecule has 3 nitrogen and oxygen atoms in total. The summed E-state index contributed by atoms with van der Waals surface area (Å²) >= 11 is 6.01. The van der Waals surface area contributed by atoms with Crippen molar-refractivity contribution in [3.05, 3.63) is 34.3 Å². The molecule has 0 saturated heterocycles. The van der Waals surface area contributed by atoms with Crippen LogP contribution in [0.25, 0.3) is 0 Å². The third kappa shape index (κ3) is 2.13. The van der Waals surface area contributed by atoms with E-state index >= 15 is 0 Å². The molecule has 0 heterocycles. The van der Waals surface area contributed by atoms with Crippen LogP contribution in [0, 0.1) is 0 Å². The number of carboxylic acids is 1. The highest BCUT2D eigenvalue weighted by molar-refractivity contribution is 6.31. The van der Waals surface area contributed by atoms with E-state index in [1.54, 1.807) is 6.07 Å².